The minimum absolute atomic E-state index is 0.0116. The summed E-state index contributed by atoms with van der Waals surface area (Å²) in [4.78, 5) is 0. The molecule has 0 unspecified atom stereocenters. The van der Waals surface area contributed by atoms with Gasteiger partial charge in [0.15, 0.2) is 11.5 Å². The molecule has 0 radical (unpaired) electrons. The summed E-state index contributed by atoms with van der Waals surface area (Å²) < 4.78 is 10.2. The van der Waals surface area contributed by atoms with Crippen molar-refractivity contribution in [3.63, 3.8) is 0 Å². The van der Waals surface area contributed by atoms with E-state index in [0.29, 0.717) is 28.4 Å². The first-order valence-electron chi connectivity index (χ1n) is 4.91. The maximum Gasteiger partial charge on any atom is 0.203 e. The number of H-pyrrole nitrogens is 1. The molecule has 4 N–H and O–H groups in total. The molecule has 0 aliphatic rings. The molecule has 0 aliphatic carbocycles. The van der Waals surface area contributed by atoms with Crippen molar-refractivity contribution in [1.82, 2.24) is 10.2 Å². The van der Waals surface area contributed by atoms with Crippen LogP contribution < -0.4 is 15.2 Å². The van der Waals surface area contributed by atoms with E-state index in [1.165, 1.54) is 14.2 Å². The van der Waals surface area contributed by atoms with Gasteiger partial charge in [-0.15, -0.1) is 0 Å². The zero-order valence-corrected chi connectivity index (χ0v) is 9.52. The highest BCUT2D eigenvalue weighted by atomic mass is 16.5. The van der Waals surface area contributed by atoms with Crippen LogP contribution in [0.4, 0.5) is 5.82 Å². The van der Waals surface area contributed by atoms with Crippen LogP contribution in [0.15, 0.2) is 18.3 Å². The van der Waals surface area contributed by atoms with Gasteiger partial charge in [0.05, 0.1) is 20.4 Å². The second-order valence-electron chi connectivity index (χ2n) is 3.43. The monoisotopic (exact) mass is 235 g/mol. The minimum Gasteiger partial charge on any atom is -0.504 e. The molecular weight excluding hydrogens is 222 g/mol. The van der Waals surface area contributed by atoms with Gasteiger partial charge < -0.3 is 20.3 Å². The number of nitrogens with zero attached hydrogens (tertiary/aromatic N) is 1. The second-order valence-corrected chi connectivity index (χ2v) is 3.43. The van der Waals surface area contributed by atoms with Crippen molar-refractivity contribution in [3.05, 3.63) is 18.3 Å². The number of anilines is 1. The van der Waals surface area contributed by atoms with E-state index < -0.39 is 0 Å². The molecule has 0 saturated carbocycles. The van der Waals surface area contributed by atoms with Crippen LogP contribution in [0.2, 0.25) is 0 Å². The Hall–Kier alpha value is -2.37. The molecule has 0 amide bonds. The highest BCUT2D eigenvalue weighted by molar-refractivity contribution is 5.77. The number of nitrogen functional groups attached to an aromatic ring is 1. The summed E-state index contributed by atoms with van der Waals surface area (Å²) in [5, 5.41) is 16.3. The van der Waals surface area contributed by atoms with Crippen LogP contribution in [0.1, 0.15) is 0 Å². The molecule has 6 heteroatoms. The van der Waals surface area contributed by atoms with Gasteiger partial charge in [0.25, 0.3) is 0 Å². The molecule has 1 heterocycles. The first-order valence-corrected chi connectivity index (χ1v) is 4.91. The SMILES string of the molecule is COc1cc(-c2cn[nH]c2N)cc(O)c1OC. The van der Waals surface area contributed by atoms with Crippen LogP contribution >= 0.6 is 0 Å². The average Bonchev–Trinajstić information content (AvgIpc) is 2.74. The number of ether oxygens (including phenoxy) is 2. The molecule has 0 fully saturated rings. The van der Waals surface area contributed by atoms with E-state index in [4.69, 9.17) is 15.2 Å². The smallest absolute Gasteiger partial charge is 0.203 e. The number of phenols is 1. The van der Waals surface area contributed by atoms with Gasteiger partial charge in [-0.2, -0.15) is 5.10 Å². The molecule has 1 aromatic carbocycles. The molecular formula is C11H13N3O3. The Kier molecular flexibility index (Phi) is 2.78. The summed E-state index contributed by atoms with van der Waals surface area (Å²) in [6.45, 7) is 0. The Bertz CT molecular complexity index is 537. The number of aromatic hydroxyl groups is 1. The van der Waals surface area contributed by atoms with E-state index in [1.807, 2.05) is 0 Å². The number of hydrogen-bond donors (Lipinski definition) is 3. The lowest BCUT2D eigenvalue weighted by Crippen LogP contribution is -1.93. The molecule has 17 heavy (non-hydrogen) atoms. The number of hydrogen-bond acceptors (Lipinski definition) is 5. The average molecular weight is 235 g/mol. The highest BCUT2D eigenvalue weighted by Crippen LogP contribution is 2.41. The van der Waals surface area contributed by atoms with Gasteiger partial charge in [0.1, 0.15) is 5.82 Å². The number of nitrogens with one attached hydrogen (secondary N) is 1. The number of phenolic OH excluding ortho intramolecular Hbond substituents is 1. The standard InChI is InChI=1S/C11H13N3O3/c1-16-9-4-6(3-8(15)10(9)17-2)7-5-13-14-11(7)12/h3-5,15H,1-2H3,(H3,12,13,14). The van der Waals surface area contributed by atoms with Crippen LogP contribution in [0.25, 0.3) is 11.1 Å². The van der Waals surface area contributed by atoms with Gasteiger partial charge in [-0.1, -0.05) is 0 Å². The summed E-state index contributed by atoms with van der Waals surface area (Å²) in [6, 6.07) is 3.27. The van der Waals surface area contributed by atoms with E-state index in [1.54, 1.807) is 18.3 Å². The van der Waals surface area contributed by atoms with Crippen LogP contribution in [0.3, 0.4) is 0 Å². The number of nitrogens with two attached hydrogens (primary N) is 1. The summed E-state index contributed by atoms with van der Waals surface area (Å²) in [6.07, 6.45) is 1.58. The van der Waals surface area contributed by atoms with Crippen molar-refractivity contribution in [1.29, 1.82) is 0 Å². The Labute approximate surface area is 98.0 Å². The van der Waals surface area contributed by atoms with Gasteiger partial charge in [0.2, 0.25) is 5.75 Å². The van der Waals surface area contributed by atoms with Crippen LogP contribution in [-0.2, 0) is 0 Å². The fraction of sp³-hybridized carbons (Fsp3) is 0.182. The van der Waals surface area contributed by atoms with Crippen LogP contribution in [0.5, 0.6) is 17.2 Å². The molecule has 0 saturated heterocycles. The van der Waals surface area contributed by atoms with E-state index in [9.17, 15) is 5.11 Å². The summed E-state index contributed by atoms with van der Waals surface area (Å²) in [5.41, 5.74) is 7.11. The van der Waals surface area contributed by atoms with Gasteiger partial charge in [-0.25, -0.2) is 0 Å². The molecule has 0 aliphatic heterocycles. The topological polar surface area (TPSA) is 93.4 Å². The molecule has 0 spiro atoms. The lowest BCUT2D eigenvalue weighted by molar-refractivity contribution is 0.333. The van der Waals surface area contributed by atoms with Crippen molar-refractivity contribution in [2.24, 2.45) is 0 Å². The Morgan fingerprint density at radius 1 is 1.29 bits per heavy atom. The predicted octanol–water partition coefficient (Wildman–Crippen LogP) is 1.38. The third kappa shape index (κ3) is 1.84. The van der Waals surface area contributed by atoms with Crippen molar-refractivity contribution >= 4 is 5.82 Å². The zero-order valence-electron chi connectivity index (χ0n) is 9.52. The molecule has 90 valence electrons. The number of aromatic amines is 1. The largest absolute Gasteiger partial charge is 0.504 e. The van der Waals surface area contributed by atoms with E-state index in [0.717, 1.165) is 0 Å². The number of benzene rings is 1. The lowest BCUT2D eigenvalue weighted by Gasteiger charge is -2.11. The molecule has 6 nitrogen and oxygen atoms in total. The van der Waals surface area contributed by atoms with Crippen molar-refractivity contribution < 1.29 is 14.6 Å². The highest BCUT2D eigenvalue weighted by Gasteiger charge is 2.14. The Morgan fingerprint density at radius 2 is 2.06 bits per heavy atom. The molecule has 2 aromatic rings. The van der Waals surface area contributed by atoms with Crippen molar-refractivity contribution in [2.75, 3.05) is 20.0 Å². The number of aromatic nitrogens is 2. The Morgan fingerprint density at radius 3 is 2.59 bits per heavy atom. The maximum absolute atomic E-state index is 9.82. The van der Waals surface area contributed by atoms with E-state index in [2.05, 4.69) is 10.2 Å². The van der Waals surface area contributed by atoms with Crippen LogP contribution in [0, 0.1) is 0 Å². The zero-order chi connectivity index (χ0) is 12.4. The quantitative estimate of drug-likeness (QED) is 0.747. The van der Waals surface area contributed by atoms with Gasteiger partial charge in [0, 0.05) is 5.56 Å². The number of rotatable bonds is 3. The second kappa shape index (κ2) is 4.25. The summed E-state index contributed by atoms with van der Waals surface area (Å²) in [7, 11) is 2.96. The lowest BCUT2D eigenvalue weighted by atomic mass is 10.1. The van der Waals surface area contributed by atoms with Gasteiger partial charge in [-0.05, 0) is 17.7 Å². The molecule has 0 bridgehead atoms. The molecule has 1 aromatic heterocycles. The summed E-state index contributed by atoms with van der Waals surface area (Å²) >= 11 is 0. The predicted molar refractivity (Wildman–Crippen MR) is 63.2 cm³/mol. The fourth-order valence-electron chi connectivity index (χ4n) is 1.63. The Balaban J connectivity index is 2.58. The third-order valence-electron chi connectivity index (χ3n) is 2.44. The number of methoxy groups -OCH3 is 2. The fourth-order valence-corrected chi connectivity index (χ4v) is 1.63. The van der Waals surface area contributed by atoms with Gasteiger partial charge >= 0.3 is 0 Å². The van der Waals surface area contributed by atoms with E-state index >= 15 is 0 Å². The maximum atomic E-state index is 9.82. The molecule has 0 atom stereocenters. The normalized spacial score (nSPS) is 10.2. The first-order chi connectivity index (χ1) is 8.17. The van der Waals surface area contributed by atoms with Gasteiger partial charge in [-0.3, -0.25) is 5.10 Å². The van der Waals surface area contributed by atoms with Crippen molar-refractivity contribution in [3.8, 4) is 28.4 Å². The van der Waals surface area contributed by atoms with E-state index in [-0.39, 0.29) is 5.75 Å². The van der Waals surface area contributed by atoms with Crippen LogP contribution in [-0.4, -0.2) is 29.5 Å². The minimum atomic E-state index is -0.0116. The summed E-state index contributed by atoms with van der Waals surface area (Å²) in [5.74, 6) is 1.14. The van der Waals surface area contributed by atoms with Crippen molar-refractivity contribution in [2.45, 2.75) is 0 Å². The first kappa shape index (κ1) is 11.1. The third-order valence-corrected chi connectivity index (χ3v) is 2.44. The molecule has 2 rings (SSSR count).